The fraction of sp³-hybridized carbons (Fsp3) is 0.0833. The monoisotopic (exact) mass is 281 g/mol. The Morgan fingerprint density at radius 3 is 2.44 bits per heavy atom. The SMILES string of the molecule is O=C(O)CN(C(=O)/C=C/c1ccccc1)C(=S)S. The van der Waals surface area contributed by atoms with Gasteiger partial charge in [0.1, 0.15) is 10.9 Å². The summed E-state index contributed by atoms with van der Waals surface area (Å²) in [6.45, 7) is -0.500. The van der Waals surface area contributed by atoms with Gasteiger partial charge in [0.05, 0.1) is 0 Å². The maximum absolute atomic E-state index is 11.7. The Labute approximate surface area is 115 Å². The van der Waals surface area contributed by atoms with Gasteiger partial charge in [0, 0.05) is 6.08 Å². The van der Waals surface area contributed by atoms with Crippen LogP contribution >= 0.6 is 24.8 Å². The first-order valence-electron chi connectivity index (χ1n) is 5.00. The summed E-state index contributed by atoms with van der Waals surface area (Å²) in [4.78, 5) is 23.2. The summed E-state index contributed by atoms with van der Waals surface area (Å²) in [5.74, 6) is -1.66. The second-order valence-electron chi connectivity index (χ2n) is 3.34. The third-order valence-corrected chi connectivity index (χ3v) is 2.47. The summed E-state index contributed by atoms with van der Waals surface area (Å²) in [5, 5.41) is 8.66. The summed E-state index contributed by atoms with van der Waals surface area (Å²) < 4.78 is -0.0693. The maximum atomic E-state index is 11.7. The minimum absolute atomic E-state index is 0.0693. The van der Waals surface area contributed by atoms with Gasteiger partial charge in [0.15, 0.2) is 0 Å². The molecule has 6 heteroatoms. The molecule has 0 unspecified atom stereocenters. The van der Waals surface area contributed by atoms with E-state index in [9.17, 15) is 9.59 Å². The highest BCUT2D eigenvalue weighted by Gasteiger charge is 2.16. The van der Waals surface area contributed by atoms with Gasteiger partial charge in [-0.05, 0) is 11.6 Å². The number of aliphatic carboxylic acids is 1. The molecule has 0 aliphatic carbocycles. The molecule has 0 spiro atoms. The Hall–Kier alpha value is -1.66. The summed E-state index contributed by atoms with van der Waals surface area (Å²) in [6.07, 6.45) is 2.85. The molecule has 0 radical (unpaired) electrons. The second kappa shape index (κ2) is 6.93. The molecule has 0 heterocycles. The molecule has 0 aliphatic rings. The van der Waals surface area contributed by atoms with Gasteiger partial charge in [0.2, 0.25) is 0 Å². The number of thiol groups is 1. The number of benzene rings is 1. The van der Waals surface area contributed by atoms with Crippen molar-refractivity contribution in [3.8, 4) is 0 Å². The number of carbonyl (C=O) groups excluding carboxylic acids is 1. The van der Waals surface area contributed by atoms with Crippen molar-refractivity contribution in [3.63, 3.8) is 0 Å². The van der Waals surface area contributed by atoms with Crippen molar-refractivity contribution in [1.29, 1.82) is 0 Å². The molecule has 1 N–H and O–H groups in total. The van der Waals surface area contributed by atoms with Gasteiger partial charge in [-0.3, -0.25) is 14.5 Å². The normalized spacial score (nSPS) is 10.3. The van der Waals surface area contributed by atoms with E-state index >= 15 is 0 Å². The second-order valence-corrected chi connectivity index (χ2v) is 4.46. The van der Waals surface area contributed by atoms with Crippen LogP contribution in [0.3, 0.4) is 0 Å². The number of carbonyl (C=O) groups is 2. The van der Waals surface area contributed by atoms with Crippen LogP contribution in [0, 0.1) is 0 Å². The smallest absolute Gasteiger partial charge is 0.323 e. The number of nitrogens with zero attached hydrogens (tertiary/aromatic N) is 1. The van der Waals surface area contributed by atoms with Gasteiger partial charge < -0.3 is 5.11 Å². The van der Waals surface area contributed by atoms with Crippen LogP contribution in [-0.4, -0.2) is 32.7 Å². The molecule has 0 fully saturated rings. The first-order chi connectivity index (χ1) is 8.50. The highest BCUT2D eigenvalue weighted by Crippen LogP contribution is 2.04. The molecule has 94 valence electrons. The fourth-order valence-corrected chi connectivity index (χ4v) is 1.52. The molecule has 0 saturated carbocycles. The average molecular weight is 281 g/mol. The van der Waals surface area contributed by atoms with Crippen LogP contribution in [0.4, 0.5) is 0 Å². The van der Waals surface area contributed by atoms with Gasteiger partial charge >= 0.3 is 5.97 Å². The van der Waals surface area contributed by atoms with Crippen molar-refractivity contribution in [1.82, 2.24) is 4.90 Å². The Bertz CT molecular complexity index is 485. The van der Waals surface area contributed by atoms with E-state index in [0.29, 0.717) is 0 Å². The lowest BCUT2D eigenvalue weighted by Gasteiger charge is -2.15. The summed E-state index contributed by atoms with van der Waals surface area (Å²) in [7, 11) is 0. The van der Waals surface area contributed by atoms with Gasteiger partial charge in [-0.1, -0.05) is 42.5 Å². The van der Waals surface area contributed by atoms with Crippen molar-refractivity contribution in [3.05, 3.63) is 42.0 Å². The predicted octanol–water partition coefficient (Wildman–Crippen LogP) is 1.83. The number of amides is 1. The Morgan fingerprint density at radius 2 is 1.94 bits per heavy atom. The first-order valence-corrected chi connectivity index (χ1v) is 5.85. The minimum Gasteiger partial charge on any atom is -0.480 e. The number of carboxylic acid groups (broad SMARTS) is 1. The Morgan fingerprint density at radius 1 is 1.33 bits per heavy atom. The highest BCUT2D eigenvalue weighted by atomic mass is 32.1. The quantitative estimate of drug-likeness (QED) is 0.502. The van der Waals surface area contributed by atoms with E-state index in [2.05, 4.69) is 12.6 Å². The van der Waals surface area contributed by atoms with Crippen LogP contribution in [0.1, 0.15) is 5.56 Å². The molecule has 0 aromatic heterocycles. The molecule has 18 heavy (non-hydrogen) atoms. The number of rotatable bonds is 4. The van der Waals surface area contributed by atoms with Gasteiger partial charge in [-0.2, -0.15) is 0 Å². The van der Waals surface area contributed by atoms with Gasteiger partial charge in [0.25, 0.3) is 5.91 Å². The largest absolute Gasteiger partial charge is 0.480 e. The van der Waals surface area contributed by atoms with E-state index in [-0.39, 0.29) is 4.32 Å². The summed E-state index contributed by atoms with van der Waals surface area (Å²) >= 11 is 8.54. The zero-order chi connectivity index (χ0) is 13.5. The van der Waals surface area contributed by atoms with Crippen molar-refractivity contribution in [2.75, 3.05) is 6.54 Å². The third kappa shape index (κ3) is 4.68. The molecule has 0 atom stereocenters. The van der Waals surface area contributed by atoms with Crippen molar-refractivity contribution < 1.29 is 14.7 Å². The molecule has 0 saturated heterocycles. The van der Waals surface area contributed by atoms with Crippen LogP contribution < -0.4 is 0 Å². The van der Waals surface area contributed by atoms with E-state index in [4.69, 9.17) is 17.3 Å². The van der Waals surface area contributed by atoms with E-state index in [1.807, 2.05) is 30.3 Å². The lowest BCUT2D eigenvalue weighted by molar-refractivity contribution is -0.140. The number of carboxylic acids is 1. The zero-order valence-corrected chi connectivity index (χ0v) is 11.0. The number of hydrogen-bond acceptors (Lipinski definition) is 3. The standard InChI is InChI=1S/C12H11NO3S2/c14-10(13(12(17)18)8-11(15)16)7-6-9-4-2-1-3-5-9/h1-7H,8H2,(H,15,16)(H,17,18)/b7-6+. The van der Waals surface area contributed by atoms with Crippen molar-refractivity contribution in [2.45, 2.75) is 0 Å². The highest BCUT2D eigenvalue weighted by molar-refractivity contribution is 8.11. The molecule has 1 aromatic rings. The molecule has 1 rings (SSSR count). The van der Waals surface area contributed by atoms with Gasteiger partial charge in [-0.15, -0.1) is 12.6 Å². The van der Waals surface area contributed by atoms with E-state index in [0.717, 1.165) is 10.5 Å². The van der Waals surface area contributed by atoms with E-state index in [1.54, 1.807) is 6.08 Å². The molecular weight excluding hydrogens is 270 g/mol. The van der Waals surface area contributed by atoms with Crippen molar-refractivity contribution in [2.24, 2.45) is 0 Å². The number of hydrogen-bond donors (Lipinski definition) is 2. The van der Waals surface area contributed by atoms with E-state index < -0.39 is 18.4 Å². The Kier molecular flexibility index (Phi) is 5.54. The first kappa shape index (κ1) is 14.4. The fourth-order valence-electron chi connectivity index (χ4n) is 1.20. The number of thiocarbonyl (C=S) groups is 1. The maximum Gasteiger partial charge on any atom is 0.323 e. The average Bonchev–Trinajstić information content (AvgIpc) is 2.34. The van der Waals surface area contributed by atoms with E-state index in [1.165, 1.54) is 6.08 Å². The molecule has 0 aliphatic heterocycles. The van der Waals surface area contributed by atoms with Crippen LogP contribution in [0.2, 0.25) is 0 Å². The molecule has 0 bridgehead atoms. The lowest BCUT2D eigenvalue weighted by Crippen LogP contribution is -2.36. The van der Waals surface area contributed by atoms with Crippen LogP contribution in [0.25, 0.3) is 6.08 Å². The minimum atomic E-state index is -1.15. The predicted molar refractivity (Wildman–Crippen MR) is 76.4 cm³/mol. The van der Waals surface area contributed by atoms with Gasteiger partial charge in [-0.25, -0.2) is 0 Å². The molecular formula is C12H11NO3S2. The summed E-state index contributed by atoms with van der Waals surface area (Å²) in [5.41, 5.74) is 0.839. The Balaban J connectivity index is 2.76. The lowest BCUT2D eigenvalue weighted by atomic mass is 10.2. The van der Waals surface area contributed by atoms with Crippen molar-refractivity contribution >= 4 is 47.1 Å². The zero-order valence-electron chi connectivity index (χ0n) is 9.31. The molecule has 4 nitrogen and oxygen atoms in total. The van der Waals surface area contributed by atoms with Crippen LogP contribution in [0.5, 0.6) is 0 Å². The molecule has 1 aromatic carbocycles. The van der Waals surface area contributed by atoms with Crippen LogP contribution in [0.15, 0.2) is 36.4 Å². The third-order valence-electron chi connectivity index (χ3n) is 2.01. The summed E-state index contributed by atoms with van der Waals surface area (Å²) in [6, 6.07) is 9.18. The van der Waals surface area contributed by atoms with Crippen LogP contribution in [-0.2, 0) is 9.59 Å². The topological polar surface area (TPSA) is 57.6 Å². The molecule has 1 amide bonds.